The topological polar surface area (TPSA) is 28.2 Å². The summed E-state index contributed by atoms with van der Waals surface area (Å²) >= 11 is 3.12. The van der Waals surface area contributed by atoms with Gasteiger partial charge < -0.3 is 10.2 Å². The minimum atomic E-state index is -4.30. The van der Waals surface area contributed by atoms with Crippen molar-refractivity contribution in [2.45, 2.75) is 15.3 Å². The molecule has 3 aromatic rings. The Morgan fingerprint density at radius 3 is 2.50 bits per heavy atom. The van der Waals surface area contributed by atoms with Crippen molar-refractivity contribution < 1.29 is 13.2 Å². The Bertz CT molecular complexity index is 900. The SMILES string of the molecule is FC(F)(F)c1ccc(Sc2cc3c(N4CCNCC4)nccc3s2)cc1. The largest absolute Gasteiger partial charge is 0.416 e. The molecule has 0 radical (unpaired) electrons. The Hall–Kier alpha value is -1.77. The first-order valence-electron chi connectivity index (χ1n) is 8.20. The monoisotopic (exact) mass is 395 g/mol. The number of alkyl halides is 3. The molecule has 1 fully saturated rings. The normalized spacial score (nSPS) is 15.6. The fourth-order valence-electron chi connectivity index (χ4n) is 2.93. The van der Waals surface area contributed by atoms with Gasteiger partial charge in [-0.05, 0) is 36.4 Å². The zero-order valence-corrected chi connectivity index (χ0v) is 15.3. The minimum Gasteiger partial charge on any atom is -0.354 e. The summed E-state index contributed by atoms with van der Waals surface area (Å²) in [6.07, 6.45) is -2.48. The lowest BCUT2D eigenvalue weighted by atomic mass is 10.2. The Morgan fingerprint density at radius 2 is 1.81 bits per heavy atom. The highest BCUT2D eigenvalue weighted by Gasteiger charge is 2.30. The number of rotatable bonds is 3. The summed E-state index contributed by atoms with van der Waals surface area (Å²) in [5.74, 6) is 0.986. The van der Waals surface area contributed by atoms with E-state index in [0.717, 1.165) is 63.3 Å². The van der Waals surface area contributed by atoms with Gasteiger partial charge in [0.1, 0.15) is 5.82 Å². The van der Waals surface area contributed by atoms with Crippen LogP contribution in [0.1, 0.15) is 5.56 Å². The Balaban J connectivity index is 1.59. The molecule has 3 nitrogen and oxygen atoms in total. The smallest absolute Gasteiger partial charge is 0.354 e. The molecule has 0 saturated carbocycles. The zero-order valence-electron chi connectivity index (χ0n) is 13.7. The van der Waals surface area contributed by atoms with Crippen molar-refractivity contribution in [3.8, 4) is 0 Å². The van der Waals surface area contributed by atoms with E-state index >= 15 is 0 Å². The maximum Gasteiger partial charge on any atom is 0.416 e. The van der Waals surface area contributed by atoms with Gasteiger partial charge in [-0.2, -0.15) is 13.2 Å². The van der Waals surface area contributed by atoms with Crippen LogP contribution in [0.15, 0.2) is 51.7 Å². The molecular weight excluding hydrogens is 379 g/mol. The molecule has 4 rings (SSSR count). The van der Waals surface area contributed by atoms with Crippen LogP contribution < -0.4 is 10.2 Å². The molecule has 1 saturated heterocycles. The molecule has 2 aromatic heterocycles. The second kappa shape index (κ2) is 7.09. The maximum atomic E-state index is 12.7. The van der Waals surface area contributed by atoms with E-state index in [4.69, 9.17) is 0 Å². The number of hydrogen-bond acceptors (Lipinski definition) is 5. The summed E-state index contributed by atoms with van der Waals surface area (Å²) in [5, 5.41) is 4.44. The molecule has 1 N–H and O–H groups in total. The van der Waals surface area contributed by atoms with Gasteiger partial charge in [-0.25, -0.2) is 4.98 Å². The van der Waals surface area contributed by atoms with E-state index in [1.807, 2.05) is 12.3 Å². The number of nitrogens with zero attached hydrogens (tertiary/aromatic N) is 2. The Kier molecular flexibility index (Phi) is 4.81. The lowest BCUT2D eigenvalue weighted by molar-refractivity contribution is -0.137. The number of hydrogen-bond donors (Lipinski definition) is 1. The number of pyridine rings is 1. The molecule has 136 valence electrons. The number of nitrogens with one attached hydrogen (secondary N) is 1. The number of thiophene rings is 1. The molecule has 1 aromatic carbocycles. The first-order valence-corrected chi connectivity index (χ1v) is 9.83. The molecule has 0 amide bonds. The molecule has 1 aliphatic rings. The van der Waals surface area contributed by atoms with Crippen LogP contribution in [-0.2, 0) is 6.18 Å². The second-order valence-corrected chi connectivity index (χ2v) is 8.43. The third-order valence-electron chi connectivity index (χ3n) is 4.22. The second-order valence-electron chi connectivity index (χ2n) is 5.97. The highest BCUT2D eigenvalue weighted by molar-refractivity contribution is 8.01. The number of fused-ring (bicyclic) bond motifs is 1. The van der Waals surface area contributed by atoms with E-state index in [0.29, 0.717) is 0 Å². The van der Waals surface area contributed by atoms with Crippen molar-refractivity contribution in [3.63, 3.8) is 0 Å². The van der Waals surface area contributed by atoms with Gasteiger partial charge in [-0.15, -0.1) is 11.3 Å². The Labute approximate surface area is 157 Å². The summed E-state index contributed by atoms with van der Waals surface area (Å²) in [6.45, 7) is 3.72. The fourth-order valence-corrected chi connectivity index (χ4v) is 5.12. The van der Waals surface area contributed by atoms with Crippen LogP contribution in [-0.4, -0.2) is 31.2 Å². The lowest BCUT2D eigenvalue weighted by Gasteiger charge is -2.28. The average Bonchev–Trinajstić information content (AvgIpc) is 3.04. The van der Waals surface area contributed by atoms with Crippen molar-refractivity contribution in [3.05, 3.63) is 48.2 Å². The van der Waals surface area contributed by atoms with E-state index < -0.39 is 11.7 Å². The van der Waals surface area contributed by atoms with E-state index in [-0.39, 0.29) is 0 Å². The van der Waals surface area contributed by atoms with Crippen LogP contribution in [0.5, 0.6) is 0 Å². The molecule has 1 aliphatic heterocycles. The summed E-state index contributed by atoms with van der Waals surface area (Å²) in [4.78, 5) is 7.63. The average molecular weight is 395 g/mol. The van der Waals surface area contributed by atoms with Crippen LogP contribution >= 0.6 is 23.1 Å². The van der Waals surface area contributed by atoms with Crippen LogP contribution in [0.2, 0.25) is 0 Å². The summed E-state index contributed by atoms with van der Waals surface area (Å²) in [5.41, 5.74) is -0.622. The number of anilines is 1. The van der Waals surface area contributed by atoms with Gasteiger partial charge in [-0.1, -0.05) is 11.8 Å². The van der Waals surface area contributed by atoms with Crippen molar-refractivity contribution >= 4 is 39.0 Å². The van der Waals surface area contributed by atoms with E-state index in [1.54, 1.807) is 11.3 Å². The van der Waals surface area contributed by atoms with Gasteiger partial charge >= 0.3 is 6.18 Å². The molecular formula is C18H16F3N3S2. The fraction of sp³-hybridized carbons (Fsp3) is 0.278. The molecule has 0 spiro atoms. The number of piperazine rings is 1. The Morgan fingerprint density at radius 1 is 1.08 bits per heavy atom. The first-order chi connectivity index (χ1) is 12.5. The minimum absolute atomic E-state index is 0.622. The summed E-state index contributed by atoms with van der Waals surface area (Å²) < 4.78 is 40.2. The first kappa shape index (κ1) is 17.6. The summed E-state index contributed by atoms with van der Waals surface area (Å²) in [6, 6.07) is 9.38. The molecule has 0 aliphatic carbocycles. The molecule has 0 unspecified atom stereocenters. The number of halogens is 3. The van der Waals surface area contributed by atoms with E-state index in [9.17, 15) is 13.2 Å². The van der Waals surface area contributed by atoms with Crippen molar-refractivity contribution in [2.24, 2.45) is 0 Å². The van der Waals surface area contributed by atoms with Crippen LogP contribution in [0.3, 0.4) is 0 Å². The highest BCUT2D eigenvalue weighted by atomic mass is 32.2. The van der Waals surface area contributed by atoms with Crippen molar-refractivity contribution in [2.75, 3.05) is 31.1 Å². The molecule has 8 heteroatoms. The van der Waals surface area contributed by atoms with Gasteiger partial charge in [0.15, 0.2) is 0 Å². The third kappa shape index (κ3) is 3.67. The predicted molar refractivity (Wildman–Crippen MR) is 100 cm³/mol. The van der Waals surface area contributed by atoms with Crippen molar-refractivity contribution in [1.82, 2.24) is 10.3 Å². The van der Waals surface area contributed by atoms with Gasteiger partial charge in [0.25, 0.3) is 0 Å². The van der Waals surface area contributed by atoms with Crippen LogP contribution in [0.4, 0.5) is 19.0 Å². The van der Waals surface area contributed by atoms with E-state index in [1.165, 1.54) is 23.9 Å². The molecule has 0 bridgehead atoms. The molecule has 3 heterocycles. The summed E-state index contributed by atoms with van der Waals surface area (Å²) in [7, 11) is 0. The van der Waals surface area contributed by atoms with Gasteiger partial charge in [0.05, 0.1) is 9.77 Å². The molecule has 26 heavy (non-hydrogen) atoms. The predicted octanol–water partition coefficient (Wildman–Crippen LogP) is 4.88. The standard InChI is InChI=1S/C18H16F3N3S2/c19-18(20,21)12-1-3-13(4-2-12)25-16-11-14-15(26-16)5-6-23-17(14)24-9-7-22-8-10-24/h1-6,11,22H,7-10H2. The van der Waals surface area contributed by atoms with Gasteiger partial charge in [-0.3, -0.25) is 0 Å². The maximum absolute atomic E-state index is 12.7. The lowest BCUT2D eigenvalue weighted by Crippen LogP contribution is -2.43. The highest BCUT2D eigenvalue weighted by Crippen LogP contribution is 2.40. The van der Waals surface area contributed by atoms with Crippen LogP contribution in [0, 0.1) is 0 Å². The van der Waals surface area contributed by atoms with Crippen molar-refractivity contribution in [1.29, 1.82) is 0 Å². The third-order valence-corrected chi connectivity index (χ3v) is 6.44. The number of benzene rings is 1. The number of aromatic nitrogens is 1. The quantitative estimate of drug-likeness (QED) is 0.684. The van der Waals surface area contributed by atoms with Gasteiger partial charge in [0, 0.05) is 47.4 Å². The molecule has 0 atom stereocenters. The van der Waals surface area contributed by atoms with E-state index in [2.05, 4.69) is 21.3 Å². The van der Waals surface area contributed by atoms with Gasteiger partial charge in [0.2, 0.25) is 0 Å². The zero-order chi connectivity index (χ0) is 18.1. The van der Waals surface area contributed by atoms with Crippen LogP contribution in [0.25, 0.3) is 10.1 Å².